The minimum atomic E-state index is -0.502. The number of halogens is 2. The van der Waals surface area contributed by atoms with Crippen molar-refractivity contribution in [3.8, 4) is 0 Å². The number of aromatic nitrogens is 2. The maximum absolute atomic E-state index is 11.7. The molecule has 18 heavy (non-hydrogen) atoms. The van der Waals surface area contributed by atoms with Crippen LogP contribution in [0.5, 0.6) is 0 Å². The van der Waals surface area contributed by atoms with Gasteiger partial charge in [0.15, 0.2) is 0 Å². The van der Waals surface area contributed by atoms with Crippen molar-refractivity contribution >= 4 is 29.2 Å². The second-order valence-corrected chi connectivity index (χ2v) is 4.21. The van der Waals surface area contributed by atoms with E-state index in [1.165, 1.54) is 12.1 Å². The Morgan fingerprint density at radius 3 is 2.39 bits per heavy atom. The van der Waals surface area contributed by atoms with Crippen molar-refractivity contribution in [2.24, 2.45) is 0 Å². The summed E-state index contributed by atoms with van der Waals surface area (Å²) in [5, 5.41) is 0.303. The van der Waals surface area contributed by atoms with Crippen LogP contribution in [-0.4, -0.2) is 15.9 Å². The number of carbonyl (C=O) groups is 1. The number of carbonyl (C=O) groups excluding carboxylic acids is 1. The number of pyridine rings is 2. The zero-order valence-electron chi connectivity index (χ0n) is 9.14. The maximum Gasteiger partial charge on any atom is 0.338 e. The fourth-order valence-corrected chi connectivity index (χ4v) is 1.75. The molecule has 0 aromatic carbocycles. The number of hydrogen-bond donors (Lipinski definition) is 0. The van der Waals surface area contributed by atoms with E-state index in [2.05, 4.69) is 9.97 Å². The van der Waals surface area contributed by atoms with Crippen LogP contribution in [0.25, 0.3) is 0 Å². The van der Waals surface area contributed by atoms with E-state index < -0.39 is 5.97 Å². The summed E-state index contributed by atoms with van der Waals surface area (Å²) in [5.41, 5.74) is 1.12. The second kappa shape index (κ2) is 5.80. The third-order valence-corrected chi connectivity index (χ3v) is 2.51. The van der Waals surface area contributed by atoms with E-state index in [0.717, 1.165) is 5.56 Å². The molecule has 2 heterocycles. The van der Waals surface area contributed by atoms with Gasteiger partial charge in [-0.05, 0) is 29.8 Å². The summed E-state index contributed by atoms with van der Waals surface area (Å²) in [4.78, 5) is 19.4. The van der Waals surface area contributed by atoms with Gasteiger partial charge < -0.3 is 4.74 Å². The lowest BCUT2D eigenvalue weighted by Gasteiger charge is -2.05. The Hall–Kier alpha value is -1.65. The normalized spacial score (nSPS) is 10.1. The Labute approximate surface area is 114 Å². The van der Waals surface area contributed by atoms with Gasteiger partial charge in [0.05, 0.1) is 5.56 Å². The number of nitrogens with zero attached hydrogens (tertiary/aromatic N) is 2. The molecule has 0 atom stereocenters. The fraction of sp³-hybridized carbons (Fsp3) is 0.0833. The zero-order valence-corrected chi connectivity index (χ0v) is 10.6. The Balaban J connectivity index is 2.04. The molecule has 92 valence electrons. The maximum atomic E-state index is 11.7. The summed E-state index contributed by atoms with van der Waals surface area (Å²) in [5.74, 6) is -0.502. The van der Waals surface area contributed by atoms with Gasteiger partial charge in [0, 0.05) is 12.4 Å². The molecular formula is C12H8Cl2N2O2. The SMILES string of the molecule is O=C(OCc1ccncc1)c1cc(Cl)nc(Cl)c1. The molecule has 0 bridgehead atoms. The van der Waals surface area contributed by atoms with Gasteiger partial charge >= 0.3 is 5.97 Å². The van der Waals surface area contributed by atoms with Gasteiger partial charge in [-0.15, -0.1) is 0 Å². The van der Waals surface area contributed by atoms with Gasteiger partial charge in [0.25, 0.3) is 0 Å². The average Bonchev–Trinajstić information content (AvgIpc) is 2.36. The highest BCUT2D eigenvalue weighted by atomic mass is 35.5. The van der Waals surface area contributed by atoms with Crippen molar-refractivity contribution in [3.05, 3.63) is 58.1 Å². The summed E-state index contributed by atoms with van der Waals surface area (Å²) in [6, 6.07) is 6.34. The Kier molecular flexibility index (Phi) is 4.12. The Bertz CT molecular complexity index is 541. The molecule has 0 saturated heterocycles. The molecule has 0 aliphatic heterocycles. The molecular weight excluding hydrogens is 275 g/mol. The van der Waals surface area contributed by atoms with Crippen LogP contribution in [0.3, 0.4) is 0 Å². The summed E-state index contributed by atoms with van der Waals surface area (Å²) >= 11 is 11.4. The lowest BCUT2D eigenvalue weighted by Crippen LogP contribution is -2.05. The third-order valence-electron chi connectivity index (χ3n) is 2.12. The first kappa shape index (κ1) is 12.8. The van der Waals surface area contributed by atoms with Crippen LogP contribution in [0.15, 0.2) is 36.7 Å². The molecule has 0 amide bonds. The van der Waals surface area contributed by atoms with Crippen molar-refractivity contribution in [2.75, 3.05) is 0 Å². The molecule has 0 spiro atoms. The number of esters is 1. The highest BCUT2D eigenvalue weighted by Crippen LogP contribution is 2.15. The summed E-state index contributed by atoms with van der Waals surface area (Å²) < 4.78 is 5.11. The van der Waals surface area contributed by atoms with Crippen LogP contribution in [-0.2, 0) is 11.3 Å². The van der Waals surface area contributed by atoms with E-state index in [0.29, 0.717) is 0 Å². The quantitative estimate of drug-likeness (QED) is 0.641. The number of ether oxygens (including phenoxy) is 1. The predicted molar refractivity (Wildman–Crippen MR) is 67.6 cm³/mol. The van der Waals surface area contributed by atoms with E-state index >= 15 is 0 Å². The van der Waals surface area contributed by atoms with Crippen LogP contribution < -0.4 is 0 Å². The predicted octanol–water partition coefficient (Wildman–Crippen LogP) is 3.14. The molecule has 2 rings (SSSR count). The first-order valence-electron chi connectivity index (χ1n) is 5.04. The van der Waals surface area contributed by atoms with Gasteiger partial charge in [0.1, 0.15) is 16.9 Å². The van der Waals surface area contributed by atoms with Crippen molar-refractivity contribution in [3.63, 3.8) is 0 Å². The van der Waals surface area contributed by atoms with Crippen LogP contribution in [0, 0.1) is 0 Å². The summed E-state index contributed by atoms with van der Waals surface area (Å²) in [7, 11) is 0. The topological polar surface area (TPSA) is 52.1 Å². The van der Waals surface area contributed by atoms with Crippen LogP contribution in [0.1, 0.15) is 15.9 Å². The van der Waals surface area contributed by atoms with Gasteiger partial charge in [-0.1, -0.05) is 23.2 Å². The lowest BCUT2D eigenvalue weighted by atomic mass is 10.2. The minimum absolute atomic E-state index is 0.151. The standard InChI is InChI=1S/C12H8Cl2N2O2/c13-10-5-9(6-11(14)16-10)12(17)18-7-8-1-3-15-4-2-8/h1-6H,7H2. The molecule has 0 saturated carbocycles. The van der Waals surface area contributed by atoms with E-state index in [9.17, 15) is 4.79 Å². The highest BCUT2D eigenvalue weighted by molar-refractivity contribution is 6.32. The minimum Gasteiger partial charge on any atom is -0.457 e. The first-order chi connectivity index (χ1) is 8.65. The summed E-state index contributed by atoms with van der Waals surface area (Å²) in [6.07, 6.45) is 3.26. The van der Waals surface area contributed by atoms with Crippen LogP contribution >= 0.6 is 23.2 Å². The molecule has 2 aromatic heterocycles. The zero-order chi connectivity index (χ0) is 13.0. The smallest absolute Gasteiger partial charge is 0.338 e. The molecule has 0 fully saturated rings. The molecule has 6 heteroatoms. The van der Waals surface area contributed by atoms with Gasteiger partial charge in [-0.25, -0.2) is 9.78 Å². The van der Waals surface area contributed by atoms with Crippen molar-refractivity contribution in [1.82, 2.24) is 9.97 Å². The van der Waals surface area contributed by atoms with E-state index in [4.69, 9.17) is 27.9 Å². The van der Waals surface area contributed by atoms with E-state index in [-0.39, 0.29) is 22.5 Å². The van der Waals surface area contributed by atoms with Crippen molar-refractivity contribution in [1.29, 1.82) is 0 Å². The Morgan fingerprint density at radius 2 is 1.78 bits per heavy atom. The molecule has 0 radical (unpaired) electrons. The van der Waals surface area contributed by atoms with Crippen LogP contribution in [0.2, 0.25) is 10.3 Å². The second-order valence-electron chi connectivity index (χ2n) is 3.43. The van der Waals surface area contributed by atoms with Gasteiger partial charge in [-0.3, -0.25) is 4.98 Å². The van der Waals surface area contributed by atoms with Crippen LogP contribution in [0.4, 0.5) is 0 Å². The fourth-order valence-electron chi connectivity index (χ4n) is 1.29. The van der Waals surface area contributed by atoms with E-state index in [1.807, 2.05) is 0 Å². The molecule has 0 aliphatic rings. The van der Waals surface area contributed by atoms with E-state index in [1.54, 1.807) is 24.5 Å². The van der Waals surface area contributed by atoms with Crippen molar-refractivity contribution in [2.45, 2.75) is 6.61 Å². The highest BCUT2D eigenvalue weighted by Gasteiger charge is 2.10. The lowest BCUT2D eigenvalue weighted by molar-refractivity contribution is 0.0472. The average molecular weight is 283 g/mol. The third kappa shape index (κ3) is 3.42. The summed E-state index contributed by atoms with van der Waals surface area (Å²) in [6.45, 7) is 0.166. The monoisotopic (exact) mass is 282 g/mol. The Morgan fingerprint density at radius 1 is 1.17 bits per heavy atom. The largest absolute Gasteiger partial charge is 0.457 e. The van der Waals surface area contributed by atoms with Gasteiger partial charge in [-0.2, -0.15) is 0 Å². The molecule has 2 aromatic rings. The number of rotatable bonds is 3. The first-order valence-corrected chi connectivity index (χ1v) is 5.80. The molecule has 0 unspecified atom stereocenters. The number of hydrogen-bond acceptors (Lipinski definition) is 4. The molecule has 0 aliphatic carbocycles. The van der Waals surface area contributed by atoms with Crippen molar-refractivity contribution < 1.29 is 9.53 Å². The molecule has 4 nitrogen and oxygen atoms in total. The van der Waals surface area contributed by atoms with Gasteiger partial charge in [0.2, 0.25) is 0 Å². The molecule has 0 N–H and O–H groups in total.